The number of nitrogens with one attached hydrogen (secondary N) is 2. The van der Waals surface area contributed by atoms with E-state index in [1.54, 1.807) is 6.07 Å². The van der Waals surface area contributed by atoms with Crippen LogP contribution in [0, 0.1) is 0 Å². The normalized spacial score (nSPS) is 17.2. The Labute approximate surface area is 98.4 Å². The Bertz CT molecular complexity index is 748. The first kappa shape index (κ1) is 10.9. The molecule has 0 saturated heterocycles. The zero-order chi connectivity index (χ0) is 12.9. The summed E-state index contributed by atoms with van der Waals surface area (Å²) >= 11 is 0. The molecule has 0 radical (unpaired) electrons. The molecule has 1 aromatic heterocycles. The van der Waals surface area contributed by atoms with E-state index in [0.717, 1.165) is 0 Å². The highest BCUT2D eigenvalue weighted by atomic mass is 19.3. The summed E-state index contributed by atoms with van der Waals surface area (Å²) in [4.78, 5) is 27.1. The van der Waals surface area contributed by atoms with Gasteiger partial charge in [0.15, 0.2) is 5.75 Å². The lowest BCUT2D eigenvalue weighted by atomic mass is 10.0. The van der Waals surface area contributed by atoms with Gasteiger partial charge in [0.05, 0.1) is 17.3 Å². The second-order valence-electron chi connectivity index (χ2n) is 4.12. The molecule has 5 nitrogen and oxygen atoms in total. The monoisotopic (exact) mass is 254 g/mol. The van der Waals surface area contributed by atoms with Crippen LogP contribution in [-0.4, -0.2) is 16.1 Å². The van der Waals surface area contributed by atoms with E-state index in [9.17, 15) is 18.4 Å². The Morgan fingerprint density at radius 1 is 1.22 bits per heavy atom. The van der Waals surface area contributed by atoms with Gasteiger partial charge < -0.3 is 9.72 Å². The van der Waals surface area contributed by atoms with Crippen LogP contribution in [0.4, 0.5) is 8.78 Å². The molecule has 1 aromatic carbocycles. The molecule has 7 heteroatoms. The van der Waals surface area contributed by atoms with Crippen molar-refractivity contribution in [2.75, 3.05) is 0 Å². The standard InChI is InChI=1S/C11H8F2N2O3/c12-11(13)4-3-5-1-2-6-7(8(5)18-11)14-10(17)15-9(6)16/h1-2H,3-4H2,(H2,14,15,16,17). The summed E-state index contributed by atoms with van der Waals surface area (Å²) in [5.74, 6) is -0.119. The molecule has 0 bridgehead atoms. The molecule has 0 atom stereocenters. The number of benzene rings is 1. The maximum atomic E-state index is 13.2. The second-order valence-corrected chi connectivity index (χ2v) is 4.12. The van der Waals surface area contributed by atoms with Crippen molar-refractivity contribution in [3.05, 3.63) is 38.5 Å². The van der Waals surface area contributed by atoms with Gasteiger partial charge in [-0.15, -0.1) is 0 Å². The number of H-pyrrole nitrogens is 2. The molecule has 1 aliphatic heterocycles. The molecule has 0 aliphatic carbocycles. The first-order valence-electron chi connectivity index (χ1n) is 5.31. The fraction of sp³-hybridized carbons (Fsp3) is 0.273. The SMILES string of the molecule is O=c1[nH]c(=O)c2ccc3c(c2[nH]1)OC(F)(F)CC3. The average molecular weight is 254 g/mol. The number of alkyl halides is 2. The van der Waals surface area contributed by atoms with Gasteiger partial charge in [-0.05, 0) is 18.1 Å². The largest absolute Gasteiger partial charge is 0.430 e. The number of aromatic amines is 2. The van der Waals surface area contributed by atoms with Crippen LogP contribution in [0.15, 0.2) is 21.7 Å². The number of rotatable bonds is 0. The highest BCUT2D eigenvalue weighted by molar-refractivity contribution is 5.85. The molecular weight excluding hydrogens is 246 g/mol. The van der Waals surface area contributed by atoms with Gasteiger partial charge in [0.25, 0.3) is 5.56 Å². The third kappa shape index (κ3) is 1.59. The van der Waals surface area contributed by atoms with E-state index in [-0.39, 0.29) is 23.1 Å². The first-order chi connectivity index (χ1) is 8.46. The third-order valence-corrected chi connectivity index (χ3v) is 2.89. The lowest BCUT2D eigenvalue weighted by molar-refractivity contribution is -0.186. The van der Waals surface area contributed by atoms with Crippen LogP contribution in [0.2, 0.25) is 0 Å². The van der Waals surface area contributed by atoms with Crippen LogP contribution >= 0.6 is 0 Å². The van der Waals surface area contributed by atoms with Gasteiger partial charge in [0.1, 0.15) is 0 Å². The summed E-state index contributed by atoms with van der Waals surface area (Å²) < 4.78 is 31.0. The third-order valence-electron chi connectivity index (χ3n) is 2.89. The Hall–Kier alpha value is -2.18. The van der Waals surface area contributed by atoms with Crippen molar-refractivity contribution in [1.82, 2.24) is 9.97 Å². The van der Waals surface area contributed by atoms with Gasteiger partial charge in [-0.25, -0.2) is 4.79 Å². The van der Waals surface area contributed by atoms with E-state index >= 15 is 0 Å². The van der Waals surface area contributed by atoms with Crippen LogP contribution in [0.25, 0.3) is 10.9 Å². The van der Waals surface area contributed by atoms with E-state index in [4.69, 9.17) is 0 Å². The van der Waals surface area contributed by atoms with Crippen molar-refractivity contribution >= 4 is 10.9 Å². The molecule has 2 heterocycles. The van der Waals surface area contributed by atoms with Crippen LogP contribution in [0.3, 0.4) is 0 Å². The minimum absolute atomic E-state index is 0.0145. The Morgan fingerprint density at radius 2 is 2.00 bits per heavy atom. The minimum Gasteiger partial charge on any atom is -0.430 e. The fourth-order valence-electron chi connectivity index (χ4n) is 2.05. The Kier molecular flexibility index (Phi) is 2.07. The van der Waals surface area contributed by atoms with Gasteiger partial charge in [0, 0.05) is 0 Å². The summed E-state index contributed by atoms with van der Waals surface area (Å²) in [6, 6.07) is 3.04. The predicted molar refractivity (Wildman–Crippen MR) is 59.1 cm³/mol. The van der Waals surface area contributed by atoms with Crippen LogP contribution in [0.5, 0.6) is 5.75 Å². The van der Waals surface area contributed by atoms with Gasteiger partial charge in [-0.3, -0.25) is 9.78 Å². The molecule has 0 fully saturated rings. The maximum absolute atomic E-state index is 13.2. The summed E-state index contributed by atoms with van der Waals surface area (Å²) in [6.07, 6.45) is -3.56. The summed E-state index contributed by atoms with van der Waals surface area (Å²) in [7, 11) is 0. The Balaban J connectivity index is 2.38. The number of hydrogen-bond donors (Lipinski definition) is 2. The van der Waals surface area contributed by atoms with Crippen molar-refractivity contribution in [3.63, 3.8) is 0 Å². The van der Waals surface area contributed by atoms with E-state index in [0.29, 0.717) is 5.56 Å². The molecular formula is C11H8F2N2O3. The highest BCUT2D eigenvalue weighted by Crippen LogP contribution is 2.38. The molecule has 94 valence electrons. The van der Waals surface area contributed by atoms with Crippen LogP contribution < -0.4 is 16.0 Å². The van der Waals surface area contributed by atoms with Gasteiger partial charge in [-0.1, -0.05) is 6.07 Å². The number of hydrogen-bond acceptors (Lipinski definition) is 3. The van der Waals surface area contributed by atoms with Gasteiger partial charge >= 0.3 is 11.8 Å². The molecule has 2 aromatic rings. The maximum Gasteiger partial charge on any atom is 0.398 e. The second kappa shape index (κ2) is 3.41. The quantitative estimate of drug-likeness (QED) is 0.740. The molecule has 18 heavy (non-hydrogen) atoms. The zero-order valence-electron chi connectivity index (χ0n) is 9.05. The van der Waals surface area contributed by atoms with E-state index in [1.165, 1.54) is 6.07 Å². The summed E-state index contributed by atoms with van der Waals surface area (Å²) in [6.45, 7) is 0. The molecule has 0 saturated carbocycles. The van der Waals surface area contributed by atoms with E-state index in [2.05, 4.69) is 9.72 Å². The molecule has 0 spiro atoms. The van der Waals surface area contributed by atoms with E-state index < -0.39 is 23.8 Å². The zero-order valence-corrected chi connectivity index (χ0v) is 9.05. The first-order valence-corrected chi connectivity index (χ1v) is 5.31. The summed E-state index contributed by atoms with van der Waals surface area (Å²) in [5.41, 5.74) is -0.817. The predicted octanol–water partition coefficient (Wildman–Crippen LogP) is 1.13. The van der Waals surface area contributed by atoms with Crippen molar-refractivity contribution < 1.29 is 13.5 Å². The van der Waals surface area contributed by atoms with Crippen molar-refractivity contribution in [2.45, 2.75) is 19.0 Å². The molecule has 0 amide bonds. The number of halogens is 2. The molecule has 3 rings (SSSR count). The molecule has 1 aliphatic rings. The minimum atomic E-state index is -3.28. The smallest absolute Gasteiger partial charge is 0.398 e. The van der Waals surface area contributed by atoms with Crippen molar-refractivity contribution in [2.24, 2.45) is 0 Å². The van der Waals surface area contributed by atoms with Crippen LogP contribution in [-0.2, 0) is 6.42 Å². The number of ether oxygens (including phenoxy) is 1. The van der Waals surface area contributed by atoms with Crippen molar-refractivity contribution in [1.29, 1.82) is 0 Å². The number of aromatic nitrogens is 2. The van der Waals surface area contributed by atoms with E-state index in [1.807, 2.05) is 4.98 Å². The lowest BCUT2D eigenvalue weighted by Crippen LogP contribution is -2.31. The van der Waals surface area contributed by atoms with Crippen molar-refractivity contribution in [3.8, 4) is 5.75 Å². The van der Waals surface area contributed by atoms with Gasteiger partial charge in [0.2, 0.25) is 0 Å². The number of fused-ring (bicyclic) bond motifs is 3. The average Bonchev–Trinajstić information content (AvgIpc) is 2.28. The topological polar surface area (TPSA) is 75.0 Å². The summed E-state index contributed by atoms with van der Waals surface area (Å²) in [5, 5.41) is 0.117. The van der Waals surface area contributed by atoms with Gasteiger partial charge in [-0.2, -0.15) is 8.78 Å². The fourth-order valence-corrected chi connectivity index (χ4v) is 2.05. The lowest BCUT2D eigenvalue weighted by Gasteiger charge is -2.25. The molecule has 2 N–H and O–H groups in total. The molecule has 0 unspecified atom stereocenters. The van der Waals surface area contributed by atoms with Crippen LogP contribution in [0.1, 0.15) is 12.0 Å². The highest BCUT2D eigenvalue weighted by Gasteiger charge is 2.37. The Morgan fingerprint density at radius 3 is 2.78 bits per heavy atom. The number of aryl methyl sites for hydroxylation is 1.